The molecule has 0 bridgehead atoms. The maximum atomic E-state index is 13.1. The van der Waals surface area contributed by atoms with E-state index in [1.54, 1.807) is 12.3 Å². The quantitative estimate of drug-likeness (QED) is 0.532. The van der Waals surface area contributed by atoms with Crippen molar-refractivity contribution in [2.45, 2.75) is 44.7 Å². The summed E-state index contributed by atoms with van der Waals surface area (Å²) in [6.07, 6.45) is 6.46. The molecule has 4 rings (SSSR count). The standard InChI is InChI=1S/C25H36N6O2S/c1-29-8-10-30(11-9-29)12-13-31(25(33)28-21-4-2-3-5-21)16-19-6-7-23(27-15-19)24(32)14-20-17-34-18-22(20)26/h6-7,15,17-18,21H,2-5,8-14,16,26H2,1H3,(H,28,33). The van der Waals surface area contributed by atoms with Gasteiger partial charge in [-0.05, 0) is 42.5 Å². The summed E-state index contributed by atoms with van der Waals surface area (Å²) >= 11 is 1.49. The van der Waals surface area contributed by atoms with E-state index in [-0.39, 0.29) is 24.3 Å². The van der Waals surface area contributed by atoms with Crippen LogP contribution in [0.3, 0.4) is 0 Å². The third kappa shape index (κ3) is 6.77. The number of hydrogen-bond donors (Lipinski definition) is 2. The van der Waals surface area contributed by atoms with Crippen molar-refractivity contribution in [3.63, 3.8) is 0 Å². The summed E-state index contributed by atoms with van der Waals surface area (Å²) in [6.45, 7) is 6.18. The van der Waals surface area contributed by atoms with Crippen LogP contribution in [0.25, 0.3) is 0 Å². The molecular formula is C25H36N6O2S. The van der Waals surface area contributed by atoms with E-state index in [2.05, 4.69) is 27.1 Å². The van der Waals surface area contributed by atoms with Gasteiger partial charge in [-0.2, -0.15) is 0 Å². The summed E-state index contributed by atoms with van der Waals surface area (Å²) in [7, 11) is 2.15. The molecule has 2 aromatic rings. The van der Waals surface area contributed by atoms with Crippen LogP contribution < -0.4 is 11.1 Å². The number of rotatable bonds is 9. The van der Waals surface area contributed by atoms with Crippen LogP contribution in [0.2, 0.25) is 0 Å². The number of Topliss-reactive ketones (excluding diaryl/α,β-unsaturated/α-hetero) is 1. The molecule has 3 N–H and O–H groups in total. The minimum Gasteiger partial charge on any atom is -0.398 e. The summed E-state index contributed by atoms with van der Waals surface area (Å²) in [5.41, 5.74) is 8.76. The number of nitrogens with two attached hydrogens (primary N) is 1. The zero-order valence-corrected chi connectivity index (χ0v) is 20.9. The second kappa shape index (κ2) is 11.8. The number of nitrogens with zero attached hydrogens (tertiary/aromatic N) is 4. The monoisotopic (exact) mass is 484 g/mol. The fraction of sp³-hybridized carbons (Fsp3) is 0.560. The third-order valence-corrected chi connectivity index (χ3v) is 7.67. The van der Waals surface area contributed by atoms with Gasteiger partial charge in [0.1, 0.15) is 5.69 Å². The number of carbonyl (C=O) groups is 2. The van der Waals surface area contributed by atoms with Crippen LogP contribution in [0.1, 0.15) is 47.3 Å². The van der Waals surface area contributed by atoms with Crippen molar-refractivity contribution in [2.75, 3.05) is 52.0 Å². The molecule has 2 fully saturated rings. The molecule has 0 unspecified atom stereocenters. The highest BCUT2D eigenvalue weighted by Crippen LogP contribution is 2.20. The molecule has 0 radical (unpaired) electrons. The number of ketones is 1. The molecule has 3 heterocycles. The van der Waals surface area contributed by atoms with Crippen molar-refractivity contribution in [1.82, 2.24) is 25.0 Å². The molecule has 2 aromatic heterocycles. The van der Waals surface area contributed by atoms with E-state index >= 15 is 0 Å². The zero-order valence-electron chi connectivity index (χ0n) is 20.0. The topological polar surface area (TPSA) is 94.8 Å². The predicted octanol–water partition coefficient (Wildman–Crippen LogP) is 2.85. The third-order valence-electron chi connectivity index (χ3n) is 6.86. The molecule has 0 spiro atoms. The first-order valence-electron chi connectivity index (χ1n) is 12.2. The van der Waals surface area contributed by atoms with Gasteiger partial charge in [0.25, 0.3) is 0 Å². The fourth-order valence-corrected chi connectivity index (χ4v) is 5.32. The molecule has 34 heavy (non-hydrogen) atoms. The van der Waals surface area contributed by atoms with Crippen molar-refractivity contribution in [1.29, 1.82) is 0 Å². The summed E-state index contributed by atoms with van der Waals surface area (Å²) in [6, 6.07) is 3.94. The van der Waals surface area contributed by atoms with Crippen molar-refractivity contribution in [3.05, 3.63) is 45.9 Å². The molecule has 2 amide bonds. The van der Waals surface area contributed by atoms with Gasteiger partial charge >= 0.3 is 6.03 Å². The molecule has 1 aliphatic heterocycles. The van der Waals surface area contributed by atoms with Gasteiger partial charge < -0.3 is 20.9 Å². The molecular weight excluding hydrogens is 448 g/mol. The van der Waals surface area contributed by atoms with Gasteiger partial charge in [0.15, 0.2) is 5.78 Å². The normalized spacial score (nSPS) is 17.7. The van der Waals surface area contributed by atoms with E-state index in [9.17, 15) is 9.59 Å². The number of aromatic nitrogens is 1. The maximum absolute atomic E-state index is 13.1. The summed E-state index contributed by atoms with van der Waals surface area (Å²) < 4.78 is 0. The number of thiophene rings is 1. The number of piperazine rings is 1. The number of anilines is 1. The molecule has 8 nitrogen and oxygen atoms in total. The summed E-state index contributed by atoms with van der Waals surface area (Å²) in [5.74, 6) is -0.0532. The molecule has 2 aliphatic rings. The van der Waals surface area contributed by atoms with E-state index in [1.165, 1.54) is 24.2 Å². The molecule has 9 heteroatoms. The number of likely N-dealkylation sites (N-methyl/N-ethyl adjacent to an activating group) is 1. The van der Waals surface area contributed by atoms with E-state index < -0.39 is 0 Å². The van der Waals surface area contributed by atoms with E-state index in [0.29, 0.717) is 24.5 Å². The van der Waals surface area contributed by atoms with Crippen molar-refractivity contribution >= 4 is 28.8 Å². The predicted molar refractivity (Wildman–Crippen MR) is 136 cm³/mol. The largest absolute Gasteiger partial charge is 0.398 e. The lowest BCUT2D eigenvalue weighted by atomic mass is 10.1. The smallest absolute Gasteiger partial charge is 0.317 e. The Kier molecular flexibility index (Phi) is 8.53. The van der Waals surface area contributed by atoms with Crippen LogP contribution in [0.15, 0.2) is 29.1 Å². The van der Waals surface area contributed by atoms with Crippen LogP contribution in [-0.2, 0) is 13.0 Å². The van der Waals surface area contributed by atoms with Crippen LogP contribution in [0.4, 0.5) is 10.5 Å². The van der Waals surface area contributed by atoms with E-state index in [4.69, 9.17) is 5.73 Å². The van der Waals surface area contributed by atoms with Crippen LogP contribution in [0, 0.1) is 0 Å². The zero-order chi connectivity index (χ0) is 23.9. The molecule has 1 saturated heterocycles. The number of carbonyl (C=O) groups excluding carboxylic acids is 2. The summed E-state index contributed by atoms with van der Waals surface area (Å²) in [5, 5.41) is 6.97. The minimum atomic E-state index is -0.0532. The van der Waals surface area contributed by atoms with Gasteiger partial charge in [-0.25, -0.2) is 4.79 Å². The Labute approximate surface area is 206 Å². The SMILES string of the molecule is CN1CCN(CCN(Cc2ccc(C(=O)Cc3cscc3N)nc2)C(=O)NC2CCCC2)CC1. The number of urea groups is 1. The highest BCUT2D eigenvalue weighted by molar-refractivity contribution is 7.08. The van der Waals surface area contributed by atoms with Gasteiger partial charge in [0.2, 0.25) is 0 Å². The molecule has 184 valence electrons. The Hall–Kier alpha value is -2.49. The van der Waals surface area contributed by atoms with Crippen LogP contribution in [-0.4, -0.2) is 83.9 Å². The first-order valence-corrected chi connectivity index (χ1v) is 13.2. The van der Waals surface area contributed by atoms with Crippen LogP contribution in [0.5, 0.6) is 0 Å². The first-order chi connectivity index (χ1) is 16.5. The Bertz CT molecular complexity index is 949. The molecule has 1 aliphatic carbocycles. The highest BCUT2D eigenvalue weighted by Gasteiger charge is 2.23. The Morgan fingerprint density at radius 3 is 2.59 bits per heavy atom. The second-order valence-corrected chi connectivity index (χ2v) is 10.2. The molecule has 0 aromatic carbocycles. The average Bonchev–Trinajstić information content (AvgIpc) is 3.50. The minimum absolute atomic E-state index is 0.00545. The van der Waals surface area contributed by atoms with Crippen molar-refractivity contribution < 1.29 is 9.59 Å². The van der Waals surface area contributed by atoms with Gasteiger partial charge in [-0.3, -0.25) is 14.7 Å². The lowest BCUT2D eigenvalue weighted by Gasteiger charge is -2.34. The lowest BCUT2D eigenvalue weighted by molar-refractivity contribution is 0.0988. The first kappa shape index (κ1) is 24.6. The van der Waals surface area contributed by atoms with Gasteiger partial charge in [-0.1, -0.05) is 18.9 Å². The van der Waals surface area contributed by atoms with Crippen LogP contribution >= 0.6 is 11.3 Å². The number of pyridine rings is 1. The highest BCUT2D eigenvalue weighted by atomic mass is 32.1. The maximum Gasteiger partial charge on any atom is 0.317 e. The van der Waals surface area contributed by atoms with Crippen molar-refractivity contribution in [3.8, 4) is 0 Å². The van der Waals surface area contributed by atoms with E-state index in [0.717, 1.165) is 56.7 Å². The number of hydrogen-bond acceptors (Lipinski definition) is 7. The number of amides is 2. The Morgan fingerprint density at radius 1 is 1.18 bits per heavy atom. The molecule has 0 atom stereocenters. The fourth-order valence-electron chi connectivity index (χ4n) is 4.57. The van der Waals surface area contributed by atoms with Crippen molar-refractivity contribution in [2.24, 2.45) is 0 Å². The van der Waals surface area contributed by atoms with E-state index in [1.807, 2.05) is 21.7 Å². The Morgan fingerprint density at radius 2 is 1.94 bits per heavy atom. The second-order valence-electron chi connectivity index (χ2n) is 9.50. The van der Waals surface area contributed by atoms with Gasteiger partial charge in [-0.15, -0.1) is 11.3 Å². The number of nitrogens with one attached hydrogen (secondary N) is 1. The number of nitrogen functional groups attached to an aromatic ring is 1. The van der Waals surface area contributed by atoms with Gasteiger partial charge in [0.05, 0.1) is 0 Å². The molecule has 1 saturated carbocycles. The lowest BCUT2D eigenvalue weighted by Crippen LogP contribution is -2.49. The summed E-state index contributed by atoms with van der Waals surface area (Å²) in [4.78, 5) is 36.8. The average molecular weight is 485 g/mol. The Balaban J connectivity index is 1.37. The van der Waals surface area contributed by atoms with Gasteiger partial charge in [0, 0.05) is 75.5 Å².